The number of aliphatic hydroxyl groups is 1. The van der Waals surface area contributed by atoms with Gasteiger partial charge in [-0.1, -0.05) is 6.07 Å². The van der Waals surface area contributed by atoms with Crippen molar-refractivity contribution in [2.75, 3.05) is 0 Å². The van der Waals surface area contributed by atoms with Crippen molar-refractivity contribution < 1.29 is 15.0 Å². The summed E-state index contributed by atoms with van der Waals surface area (Å²) in [6.07, 6.45) is -0.231. The first-order valence-electron chi connectivity index (χ1n) is 5.99. The number of amides is 1. The predicted molar refractivity (Wildman–Crippen MR) is 66.5 cm³/mol. The molecule has 5 heteroatoms. The van der Waals surface area contributed by atoms with Crippen LogP contribution in [0.2, 0.25) is 0 Å². The molecule has 1 amide bonds. The molecule has 1 aromatic heterocycles. The zero-order chi connectivity index (χ0) is 13.5. The molecule has 0 aliphatic heterocycles. The lowest BCUT2D eigenvalue weighted by Gasteiger charge is -2.20. The number of carboxylic acid groups (broad SMARTS) is 1. The Bertz CT molecular complexity index is 480. The van der Waals surface area contributed by atoms with E-state index in [9.17, 15) is 9.90 Å². The summed E-state index contributed by atoms with van der Waals surface area (Å²) in [6.45, 7) is 5.31. The molecule has 1 aliphatic rings. The summed E-state index contributed by atoms with van der Waals surface area (Å²) in [5.41, 5.74) is 1.46. The van der Waals surface area contributed by atoms with Crippen molar-refractivity contribution in [3.8, 4) is 0 Å². The van der Waals surface area contributed by atoms with Gasteiger partial charge >= 0.3 is 6.09 Å². The highest BCUT2D eigenvalue weighted by molar-refractivity contribution is 5.65. The van der Waals surface area contributed by atoms with Crippen LogP contribution in [0.1, 0.15) is 43.1 Å². The molecule has 1 aromatic rings. The van der Waals surface area contributed by atoms with Gasteiger partial charge < -0.3 is 15.5 Å². The lowest BCUT2D eigenvalue weighted by Crippen LogP contribution is -2.24. The van der Waals surface area contributed by atoms with E-state index in [2.05, 4.69) is 10.3 Å². The number of rotatable bonds is 3. The average Bonchev–Trinajstić information content (AvgIpc) is 2.95. The molecule has 0 spiro atoms. The van der Waals surface area contributed by atoms with Crippen molar-refractivity contribution in [2.24, 2.45) is 0 Å². The molecule has 1 fully saturated rings. The Labute approximate surface area is 106 Å². The van der Waals surface area contributed by atoms with E-state index in [0.717, 1.165) is 17.7 Å². The number of aryl methyl sites for hydroxylation is 1. The number of hydrogen-bond donors (Lipinski definition) is 3. The normalized spacial score (nSPS) is 22.7. The minimum absolute atomic E-state index is 0.0487. The lowest BCUT2D eigenvalue weighted by molar-refractivity contribution is 0.0729. The summed E-state index contributed by atoms with van der Waals surface area (Å²) in [7, 11) is 0. The van der Waals surface area contributed by atoms with Crippen LogP contribution in [0.3, 0.4) is 0 Å². The Hall–Kier alpha value is -1.62. The molecule has 1 heterocycles. The van der Waals surface area contributed by atoms with E-state index < -0.39 is 11.7 Å². The number of nitrogens with zero attached hydrogens (tertiary/aromatic N) is 1. The Balaban J connectivity index is 2.19. The van der Waals surface area contributed by atoms with Crippen LogP contribution >= 0.6 is 0 Å². The highest BCUT2D eigenvalue weighted by Crippen LogP contribution is 2.40. The molecule has 5 nitrogen and oxygen atoms in total. The van der Waals surface area contributed by atoms with Gasteiger partial charge in [0.1, 0.15) is 5.60 Å². The number of carbonyl (C=O) groups is 1. The third kappa shape index (κ3) is 2.61. The van der Waals surface area contributed by atoms with Crippen LogP contribution in [0.15, 0.2) is 12.1 Å². The Morgan fingerprint density at radius 2 is 2.17 bits per heavy atom. The molecule has 98 valence electrons. The maximum atomic E-state index is 10.5. The van der Waals surface area contributed by atoms with Crippen molar-refractivity contribution in [2.45, 2.75) is 44.8 Å². The van der Waals surface area contributed by atoms with Gasteiger partial charge in [-0.2, -0.15) is 0 Å². The molecule has 2 atom stereocenters. The highest BCUT2D eigenvalue weighted by atomic mass is 16.4. The average molecular weight is 250 g/mol. The molecule has 18 heavy (non-hydrogen) atoms. The van der Waals surface area contributed by atoms with E-state index in [-0.39, 0.29) is 12.0 Å². The fourth-order valence-corrected chi connectivity index (χ4v) is 2.21. The fourth-order valence-electron chi connectivity index (χ4n) is 2.21. The zero-order valence-electron chi connectivity index (χ0n) is 10.8. The Morgan fingerprint density at radius 3 is 2.72 bits per heavy atom. The topological polar surface area (TPSA) is 82.5 Å². The van der Waals surface area contributed by atoms with Gasteiger partial charge in [0.15, 0.2) is 0 Å². The number of pyridine rings is 1. The van der Waals surface area contributed by atoms with Crippen molar-refractivity contribution in [3.63, 3.8) is 0 Å². The van der Waals surface area contributed by atoms with Crippen LogP contribution < -0.4 is 5.32 Å². The van der Waals surface area contributed by atoms with E-state index in [1.165, 1.54) is 0 Å². The molecule has 0 bridgehead atoms. The molecule has 2 rings (SSSR count). The van der Waals surface area contributed by atoms with Crippen molar-refractivity contribution in [1.29, 1.82) is 0 Å². The molecule has 0 saturated heterocycles. The monoisotopic (exact) mass is 250 g/mol. The van der Waals surface area contributed by atoms with Gasteiger partial charge in [-0.3, -0.25) is 4.98 Å². The molecule has 3 N–H and O–H groups in total. The second-order valence-corrected chi connectivity index (χ2v) is 5.36. The summed E-state index contributed by atoms with van der Waals surface area (Å²) in [4.78, 5) is 15.0. The van der Waals surface area contributed by atoms with Crippen LogP contribution in [-0.2, 0) is 5.60 Å². The maximum Gasteiger partial charge on any atom is 0.404 e. The standard InChI is InChI=1S/C13H18N2O3/c1-7-4-5-9(14-11(7)13(2,3)18)8-6-10(8)15-12(16)17/h4-5,8,10,15,18H,6H2,1-3H3,(H,16,17). The van der Waals surface area contributed by atoms with E-state index in [0.29, 0.717) is 5.69 Å². The minimum atomic E-state index is -1.00. The minimum Gasteiger partial charge on any atom is -0.465 e. The number of nitrogens with one attached hydrogen (secondary N) is 1. The fraction of sp³-hybridized carbons (Fsp3) is 0.538. The van der Waals surface area contributed by atoms with Crippen LogP contribution in [0, 0.1) is 6.92 Å². The summed E-state index contributed by atoms with van der Waals surface area (Å²) >= 11 is 0. The van der Waals surface area contributed by atoms with Gasteiger partial charge in [0.05, 0.1) is 5.69 Å². The van der Waals surface area contributed by atoms with Crippen molar-refractivity contribution in [3.05, 3.63) is 29.1 Å². The van der Waals surface area contributed by atoms with Crippen molar-refractivity contribution in [1.82, 2.24) is 10.3 Å². The van der Waals surface area contributed by atoms with Gasteiger partial charge in [-0.05, 0) is 38.8 Å². The van der Waals surface area contributed by atoms with Crippen LogP contribution in [0.4, 0.5) is 4.79 Å². The Morgan fingerprint density at radius 1 is 1.50 bits per heavy atom. The van der Waals surface area contributed by atoms with Gasteiger partial charge in [-0.25, -0.2) is 4.79 Å². The first kappa shape index (κ1) is 12.8. The maximum absolute atomic E-state index is 10.5. The summed E-state index contributed by atoms with van der Waals surface area (Å²) in [5, 5.41) is 21.1. The smallest absolute Gasteiger partial charge is 0.404 e. The molecule has 2 unspecified atom stereocenters. The largest absolute Gasteiger partial charge is 0.465 e. The van der Waals surface area contributed by atoms with E-state index in [1.807, 2.05) is 19.1 Å². The lowest BCUT2D eigenvalue weighted by atomic mass is 9.99. The van der Waals surface area contributed by atoms with E-state index in [4.69, 9.17) is 5.11 Å². The summed E-state index contributed by atoms with van der Waals surface area (Å²) in [5.74, 6) is 0.128. The third-order valence-electron chi connectivity index (χ3n) is 3.18. The third-order valence-corrected chi connectivity index (χ3v) is 3.18. The van der Waals surface area contributed by atoms with Crippen LogP contribution in [0.25, 0.3) is 0 Å². The first-order chi connectivity index (χ1) is 8.29. The van der Waals surface area contributed by atoms with Gasteiger partial charge in [-0.15, -0.1) is 0 Å². The summed E-state index contributed by atoms with van der Waals surface area (Å²) < 4.78 is 0. The van der Waals surface area contributed by atoms with Crippen LogP contribution in [0.5, 0.6) is 0 Å². The molecule has 1 aliphatic carbocycles. The molecule has 0 aromatic carbocycles. The summed E-state index contributed by atoms with van der Waals surface area (Å²) in [6, 6.07) is 3.78. The van der Waals surface area contributed by atoms with Crippen LogP contribution in [-0.4, -0.2) is 27.3 Å². The van der Waals surface area contributed by atoms with E-state index >= 15 is 0 Å². The van der Waals surface area contributed by atoms with Crippen molar-refractivity contribution >= 4 is 6.09 Å². The van der Waals surface area contributed by atoms with Gasteiger partial charge in [0, 0.05) is 17.7 Å². The quantitative estimate of drug-likeness (QED) is 0.763. The second-order valence-electron chi connectivity index (χ2n) is 5.36. The first-order valence-corrected chi connectivity index (χ1v) is 5.99. The molecular weight excluding hydrogens is 232 g/mol. The predicted octanol–water partition coefficient (Wildman–Crippen LogP) is 1.74. The van der Waals surface area contributed by atoms with Gasteiger partial charge in [0.25, 0.3) is 0 Å². The Kier molecular flexibility index (Phi) is 3.02. The van der Waals surface area contributed by atoms with Gasteiger partial charge in [0.2, 0.25) is 0 Å². The second kappa shape index (κ2) is 4.24. The number of hydrogen-bond acceptors (Lipinski definition) is 3. The SMILES string of the molecule is Cc1ccc(C2CC2NC(=O)O)nc1C(C)(C)O. The molecular formula is C13H18N2O3. The zero-order valence-corrected chi connectivity index (χ0v) is 10.8. The molecule has 0 radical (unpaired) electrons. The molecule has 1 saturated carbocycles. The highest BCUT2D eigenvalue weighted by Gasteiger charge is 2.41. The number of aromatic nitrogens is 1. The van der Waals surface area contributed by atoms with E-state index in [1.54, 1.807) is 13.8 Å².